The summed E-state index contributed by atoms with van der Waals surface area (Å²) in [5.41, 5.74) is -0.195. The first kappa shape index (κ1) is 19.2. The summed E-state index contributed by atoms with van der Waals surface area (Å²) in [4.78, 5) is 35.1. The molecule has 0 aromatic carbocycles. The molecule has 0 radical (unpaired) electrons. The molecule has 0 spiro atoms. The largest absolute Gasteiger partial charge is 0.481 e. The Balaban J connectivity index is 1.30. The predicted octanol–water partition coefficient (Wildman–Crippen LogP) is 2.47. The van der Waals surface area contributed by atoms with Gasteiger partial charge in [-0.3, -0.25) is 14.4 Å². The monoisotopic (exact) mass is 364 g/mol. The fourth-order valence-corrected chi connectivity index (χ4v) is 5.78. The van der Waals surface area contributed by atoms with Gasteiger partial charge in [0.05, 0.1) is 6.54 Å². The lowest BCUT2D eigenvalue weighted by Gasteiger charge is -2.55. The summed E-state index contributed by atoms with van der Waals surface area (Å²) in [7, 11) is 0. The molecule has 4 aliphatic carbocycles. The van der Waals surface area contributed by atoms with Gasteiger partial charge in [0.15, 0.2) is 0 Å². The summed E-state index contributed by atoms with van der Waals surface area (Å²) in [5, 5.41) is 14.3. The van der Waals surface area contributed by atoms with E-state index in [0.29, 0.717) is 13.0 Å². The molecule has 3 N–H and O–H groups in total. The van der Waals surface area contributed by atoms with Gasteiger partial charge in [-0.25, -0.2) is 0 Å². The average Bonchev–Trinajstić information content (AvgIpc) is 2.57. The van der Waals surface area contributed by atoms with Crippen LogP contribution in [0, 0.1) is 23.2 Å². The van der Waals surface area contributed by atoms with Crippen LogP contribution in [-0.2, 0) is 14.4 Å². The molecule has 0 aliphatic heterocycles. The minimum Gasteiger partial charge on any atom is -0.481 e. The van der Waals surface area contributed by atoms with E-state index in [-0.39, 0.29) is 30.2 Å². The molecular formula is C20H32N2O4. The van der Waals surface area contributed by atoms with Gasteiger partial charge in [0.1, 0.15) is 0 Å². The molecule has 4 fully saturated rings. The minimum absolute atomic E-state index is 0.0690. The highest BCUT2D eigenvalue weighted by atomic mass is 16.4. The summed E-state index contributed by atoms with van der Waals surface area (Å²) >= 11 is 0. The van der Waals surface area contributed by atoms with Crippen LogP contribution < -0.4 is 10.6 Å². The van der Waals surface area contributed by atoms with E-state index in [2.05, 4.69) is 10.6 Å². The Morgan fingerprint density at radius 3 is 2.00 bits per heavy atom. The number of carboxylic acid groups (broad SMARTS) is 1. The molecule has 0 unspecified atom stereocenters. The number of carbonyl (C=O) groups excluding carboxylic acids is 2. The Bertz CT molecular complexity index is 511. The van der Waals surface area contributed by atoms with E-state index in [1.807, 2.05) is 0 Å². The van der Waals surface area contributed by atoms with E-state index in [1.165, 1.54) is 19.3 Å². The molecule has 26 heavy (non-hydrogen) atoms. The zero-order chi connectivity index (χ0) is 18.6. The zero-order valence-electron chi connectivity index (χ0n) is 15.6. The van der Waals surface area contributed by atoms with Crippen LogP contribution in [-0.4, -0.2) is 36.0 Å². The van der Waals surface area contributed by atoms with Gasteiger partial charge in [-0.2, -0.15) is 0 Å². The van der Waals surface area contributed by atoms with E-state index >= 15 is 0 Å². The van der Waals surface area contributed by atoms with Crippen molar-refractivity contribution in [2.45, 2.75) is 70.6 Å². The molecule has 0 atom stereocenters. The fraction of sp³-hybridized carbons (Fsp3) is 0.850. The molecule has 146 valence electrons. The molecule has 6 nitrogen and oxygen atoms in total. The Morgan fingerprint density at radius 2 is 1.42 bits per heavy atom. The summed E-state index contributed by atoms with van der Waals surface area (Å²) in [6.45, 7) is 0.652. The van der Waals surface area contributed by atoms with Gasteiger partial charge in [0.25, 0.3) is 0 Å². The molecule has 4 saturated carbocycles. The summed E-state index contributed by atoms with van der Waals surface area (Å²) in [6, 6.07) is 0. The maximum Gasteiger partial charge on any atom is 0.303 e. The Morgan fingerprint density at radius 1 is 0.846 bits per heavy atom. The minimum atomic E-state index is -0.756. The van der Waals surface area contributed by atoms with Gasteiger partial charge in [-0.15, -0.1) is 0 Å². The highest BCUT2D eigenvalue weighted by Gasteiger charge is 2.54. The van der Waals surface area contributed by atoms with Gasteiger partial charge >= 0.3 is 5.97 Å². The predicted molar refractivity (Wildman–Crippen MR) is 97.3 cm³/mol. The SMILES string of the molecule is O=C(O)CCCCCCNC(=O)CNC(=O)C12CC3CC(CC(C3)C1)C2. The number of amides is 2. The third-order valence-corrected chi connectivity index (χ3v) is 6.57. The molecule has 4 bridgehead atoms. The van der Waals surface area contributed by atoms with Crippen molar-refractivity contribution < 1.29 is 19.5 Å². The van der Waals surface area contributed by atoms with Crippen LogP contribution in [0.5, 0.6) is 0 Å². The average molecular weight is 364 g/mol. The van der Waals surface area contributed by atoms with E-state index in [1.54, 1.807) is 0 Å². The van der Waals surface area contributed by atoms with Crippen LogP contribution in [0.2, 0.25) is 0 Å². The first-order valence-corrected chi connectivity index (χ1v) is 10.2. The van der Waals surface area contributed by atoms with E-state index in [9.17, 15) is 14.4 Å². The van der Waals surface area contributed by atoms with Crippen LogP contribution in [0.25, 0.3) is 0 Å². The molecule has 6 heteroatoms. The Hall–Kier alpha value is -1.59. The lowest BCUT2D eigenvalue weighted by molar-refractivity contribution is -0.147. The van der Waals surface area contributed by atoms with Crippen LogP contribution in [0.4, 0.5) is 0 Å². The molecule has 4 aliphatic rings. The quantitative estimate of drug-likeness (QED) is 0.519. The number of nitrogens with one attached hydrogen (secondary N) is 2. The molecule has 0 aromatic rings. The van der Waals surface area contributed by atoms with Crippen molar-refractivity contribution in [3.8, 4) is 0 Å². The van der Waals surface area contributed by atoms with Gasteiger partial charge in [0, 0.05) is 18.4 Å². The molecule has 4 rings (SSSR count). The molecule has 2 amide bonds. The van der Waals surface area contributed by atoms with Crippen molar-refractivity contribution >= 4 is 17.8 Å². The second kappa shape index (κ2) is 8.40. The van der Waals surface area contributed by atoms with Crippen molar-refractivity contribution in [2.75, 3.05) is 13.1 Å². The maximum atomic E-state index is 12.8. The number of unbranched alkanes of at least 4 members (excludes halogenated alkanes) is 3. The standard InChI is InChI=1S/C20H32N2O4/c23-17(21-6-4-2-1-3-5-18(24)25)13-22-19(26)20-10-14-7-15(11-20)9-16(8-14)12-20/h14-16H,1-13H2,(H,21,23)(H,22,26)(H,24,25). The summed E-state index contributed by atoms with van der Waals surface area (Å²) in [6.07, 6.45) is 10.5. The topological polar surface area (TPSA) is 95.5 Å². The normalized spacial score (nSPS) is 31.6. The van der Waals surface area contributed by atoms with Crippen LogP contribution in [0.3, 0.4) is 0 Å². The van der Waals surface area contributed by atoms with Crippen molar-refractivity contribution in [2.24, 2.45) is 23.2 Å². The van der Waals surface area contributed by atoms with Crippen LogP contribution in [0.15, 0.2) is 0 Å². The number of carboxylic acids is 1. The molecular weight excluding hydrogens is 332 g/mol. The second-order valence-electron chi connectivity index (χ2n) is 8.79. The van der Waals surface area contributed by atoms with Crippen molar-refractivity contribution in [1.82, 2.24) is 10.6 Å². The van der Waals surface area contributed by atoms with E-state index < -0.39 is 5.97 Å². The first-order chi connectivity index (χ1) is 12.5. The van der Waals surface area contributed by atoms with Gasteiger partial charge in [-0.1, -0.05) is 12.8 Å². The Kier molecular flexibility index (Phi) is 6.20. The lowest BCUT2D eigenvalue weighted by atomic mass is 9.49. The van der Waals surface area contributed by atoms with Gasteiger partial charge < -0.3 is 15.7 Å². The fourth-order valence-electron chi connectivity index (χ4n) is 5.78. The first-order valence-electron chi connectivity index (χ1n) is 10.2. The number of hydrogen-bond acceptors (Lipinski definition) is 3. The molecule has 0 saturated heterocycles. The summed E-state index contributed by atoms with van der Waals surface area (Å²) in [5.74, 6) is 1.38. The van der Waals surface area contributed by atoms with Crippen molar-refractivity contribution in [3.05, 3.63) is 0 Å². The van der Waals surface area contributed by atoms with Gasteiger partial charge in [0.2, 0.25) is 11.8 Å². The Labute approximate surface area is 155 Å². The highest BCUT2D eigenvalue weighted by molar-refractivity contribution is 5.88. The third kappa shape index (κ3) is 4.77. The number of aliphatic carboxylic acids is 1. The van der Waals surface area contributed by atoms with Crippen LogP contribution >= 0.6 is 0 Å². The van der Waals surface area contributed by atoms with E-state index in [0.717, 1.165) is 56.3 Å². The number of carbonyl (C=O) groups is 3. The van der Waals surface area contributed by atoms with E-state index in [4.69, 9.17) is 5.11 Å². The highest BCUT2D eigenvalue weighted by Crippen LogP contribution is 2.60. The van der Waals surface area contributed by atoms with Crippen LogP contribution in [0.1, 0.15) is 70.6 Å². The molecule has 0 heterocycles. The van der Waals surface area contributed by atoms with Crippen molar-refractivity contribution in [1.29, 1.82) is 0 Å². The summed E-state index contributed by atoms with van der Waals surface area (Å²) < 4.78 is 0. The van der Waals surface area contributed by atoms with Crippen molar-refractivity contribution in [3.63, 3.8) is 0 Å². The third-order valence-electron chi connectivity index (χ3n) is 6.57. The number of hydrogen-bond donors (Lipinski definition) is 3. The zero-order valence-corrected chi connectivity index (χ0v) is 15.6. The lowest BCUT2D eigenvalue weighted by Crippen LogP contribution is -2.54. The second-order valence-corrected chi connectivity index (χ2v) is 8.79. The smallest absolute Gasteiger partial charge is 0.303 e. The molecule has 0 aromatic heterocycles. The number of rotatable bonds is 10. The van der Waals surface area contributed by atoms with Gasteiger partial charge in [-0.05, 0) is 69.1 Å². The maximum absolute atomic E-state index is 12.8.